The molecule has 0 aliphatic carbocycles. The van der Waals surface area contributed by atoms with Crippen LogP contribution in [-0.2, 0) is 11.3 Å². The lowest BCUT2D eigenvalue weighted by atomic mass is 10.0. The summed E-state index contributed by atoms with van der Waals surface area (Å²) in [5, 5.41) is 3.60. The number of nitrogens with one attached hydrogen (secondary N) is 1. The highest BCUT2D eigenvalue weighted by atomic mass is 16.2. The topological polar surface area (TPSA) is 32.3 Å². The van der Waals surface area contributed by atoms with Crippen LogP contribution >= 0.6 is 0 Å². The van der Waals surface area contributed by atoms with Crippen LogP contribution in [0.4, 0.5) is 5.69 Å². The third-order valence-electron chi connectivity index (χ3n) is 4.13. The average Bonchev–Trinajstić information content (AvgIpc) is 2.86. The SMILES string of the molecule is CCC(NCc1ccc(N2CCCC2=O)cc1)C(C)C. The molecule has 1 heterocycles. The average molecular weight is 274 g/mol. The minimum absolute atomic E-state index is 0.252. The first kappa shape index (κ1) is 15.0. The molecule has 2 rings (SSSR count). The molecule has 1 aromatic carbocycles. The van der Waals surface area contributed by atoms with Gasteiger partial charge in [0.25, 0.3) is 0 Å². The second-order valence-corrected chi connectivity index (χ2v) is 5.96. The monoisotopic (exact) mass is 274 g/mol. The van der Waals surface area contributed by atoms with Crippen molar-refractivity contribution in [3.8, 4) is 0 Å². The van der Waals surface area contributed by atoms with Crippen LogP contribution in [0.25, 0.3) is 0 Å². The molecule has 1 saturated heterocycles. The number of nitrogens with zero attached hydrogens (tertiary/aromatic N) is 1. The van der Waals surface area contributed by atoms with Crippen molar-refractivity contribution in [1.82, 2.24) is 5.32 Å². The zero-order chi connectivity index (χ0) is 14.5. The van der Waals surface area contributed by atoms with E-state index in [-0.39, 0.29) is 5.91 Å². The number of amides is 1. The summed E-state index contributed by atoms with van der Waals surface area (Å²) < 4.78 is 0. The number of rotatable bonds is 6. The van der Waals surface area contributed by atoms with Crippen LogP contribution in [0.3, 0.4) is 0 Å². The van der Waals surface area contributed by atoms with Crippen LogP contribution in [-0.4, -0.2) is 18.5 Å². The van der Waals surface area contributed by atoms with Crippen molar-refractivity contribution in [3.63, 3.8) is 0 Å². The zero-order valence-electron chi connectivity index (χ0n) is 12.9. The third-order valence-corrected chi connectivity index (χ3v) is 4.13. The highest BCUT2D eigenvalue weighted by molar-refractivity contribution is 5.95. The lowest BCUT2D eigenvalue weighted by Crippen LogP contribution is -2.32. The fourth-order valence-corrected chi connectivity index (χ4v) is 2.82. The Labute approximate surface area is 122 Å². The molecule has 1 amide bonds. The van der Waals surface area contributed by atoms with Gasteiger partial charge in [-0.25, -0.2) is 0 Å². The van der Waals surface area contributed by atoms with Gasteiger partial charge >= 0.3 is 0 Å². The molecule has 0 saturated carbocycles. The number of carbonyl (C=O) groups excluding carboxylic acids is 1. The Morgan fingerprint density at radius 1 is 1.25 bits per heavy atom. The first-order chi connectivity index (χ1) is 9.61. The molecular weight excluding hydrogens is 248 g/mol. The van der Waals surface area contributed by atoms with E-state index >= 15 is 0 Å². The lowest BCUT2D eigenvalue weighted by Gasteiger charge is -2.21. The van der Waals surface area contributed by atoms with Gasteiger partial charge in [-0.3, -0.25) is 4.79 Å². The van der Waals surface area contributed by atoms with Crippen molar-refractivity contribution in [2.24, 2.45) is 5.92 Å². The molecule has 1 unspecified atom stereocenters. The molecule has 20 heavy (non-hydrogen) atoms. The van der Waals surface area contributed by atoms with E-state index in [2.05, 4.69) is 50.4 Å². The van der Waals surface area contributed by atoms with Gasteiger partial charge in [0.2, 0.25) is 5.91 Å². The molecule has 1 aromatic rings. The maximum Gasteiger partial charge on any atom is 0.227 e. The van der Waals surface area contributed by atoms with Gasteiger partial charge in [0.1, 0.15) is 0 Å². The van der Waals surface area contributed by atoms with E-state index in [0.29, 0.717) is 18.4 Å². The molecule has 110 valence electrons. The Bertz CT molecular complexity index is 439. The third kappa shape index (κ3) is 3.60. The highest BCUT2D eigenvalue weighted by Crippen LogP contribution is 2.21. The molecule has 0 spiro atoms. The van der Waals surface area contributed by atoms with Crippen LogP contribution < -0.4 is 10.2 Å². The second-order valence-electron chi connectivity index (χ2n) is 5.96. The molecule has 1 aliphatic heterocycles. The predicted octanol–water partition coefficient (Wildman–Crippen LogP) is 3.34. The minimum Gasteiger partial charge on any atom is -0.312 e. The van der Waals surface area contributed by atoms with Crippen LogP contribution in [0.1, 0.15) is 45.6 Å². The predicted molar refractivity (Wildman–Crippen MR) is 83.8 cm³/mol. The molecule has 0 radical (unpaired) electrons. The number of anilines is 1. The standard InChI is InChI=1S/C17H26N2O/c1-4-16(13(2)3)18-12-14-7-9-15(10-8-14)19-11-5-6-17(19)20/h7-10,13,16,18H,4-6,11-12H2,1-3H3. The van der Waals surface area contributed by atoms with Gasteiger partial charge < -0.3 is 10.2 Å². The van der Waals surface area contributed by atoms with Gasteiger partial charge in [-0.1, -0.05) is 32.9 Å². The van der Waals surface area contributed by atoms with Crippen LogP contribution in [0.15, 0.2) is 24.3 Å². The van der Waals surface area contributed by atoms with E-state index < -0.39 is 0 Å². The van der Waals surface area contributed by atoms with Crippen molar-refractivity contribution in [1.29, 1.82) is 0 Å². The summed E-state index contributed by atoms with van der Waals surface area (Å²) in [6.07, 6.45) is 2.82. The zero-order valence-corrected chi connectivity index (χ0v) is 12.9. The van der Waals surface area contributed by atoms with Gasteiger partial charge in [0.15, 0.2) is 0 Å². The van der Waals surface area contributed by atoms with Crippen LogP contribution in [0.5, 0.6) is 0 Å². The fourth-order valence-electron chi connectivity index (χ4n) is 2.82. The van der Waals surface area contributed by atoms with E-state index in [1.165, 1.54) is 5.56 Å². The summed E-state index contributed by atoms with van der Waals surface area (Å²) in [5.74, 6) is 0.906. The molecule has 0 bridgehead atoms. The van der Waals surface area contributed by atoms with Crippen molar-refractivity contribution in [3.05, 3.63) is 29.8 Å². The largest absolute Gasteiger partial charge is 0.312 e. The van der Waals surface area contributed by atoms with Crippen LogP contribution in [0.2, 0.25) is 0 Å². The smallest absolute Gasteiger partial charge is 0.227 e. The number of benzene rings is 1. The van der Waals surface area contributed by atoms with E-state index in [9.17, 15) is 4.79 Å². The molecule has 1 N–H and O–H groups in total. The molecule has 3 heteroatoms. The molecule has 1 aliphatic rings. The van der Waals surface area contributed by atoms with Gasteiger partial charge in [0, 0.05) is 31.2 Å². The number of hydrogen-bond acceptors (Lipinski definition) is 2. The second kappa shape index (κ2) is 6.89. The van der Waals surface area contributed by atoms with E-state index in [1.54, 1.807) is 0 Å². The first-order valence-corrected chi connectivity index (χ1v) is 7.74. The summed E-state index contributed by atoms with van der Waals surface area (Å²) in [4.78, 5) is 13.6. The quantitative estimate of drug-likeness (QED) is 0.863. The molecule has 1 atom stereocenters. The normalized spacial score (nSPS) is 17.0. The van der Waals surface area contributed by atoms with Crippen molar-refractivity contribution >= 4 is 11.6 Å². The van der Waals surface area contributed by atoms with Crippen molar-refractivity contribution in [2.75, 3.05) is 11.4 Å². The van der Waals surface area contributed by atoms with Crippen molar-refractivity contribution < 1.29 is 4.79 Å². The highest BCUT2D eigenvalue weighted by Gasteiger charge is 2.21. The summed E-state index contributed by atoms with van der Waals surface area (Å²) >= 11 is 0. The summed E-state index contributed by atoms with van der Waals surface area (Å²) in [6, 6.07) is 8.95. The van der Waals surface area contributed by atoms with Crippen molar-refractivity contribution in [2.45, 2.75) is 52.6 Å². The number of hydrogen-bond donors (Lipinski definition) is 1. The van der Waals surface area contributed by atoms with Crippen LogP contribution in [0, 0.1) is 5.92 Å². The Kier molecular flexibility index (Phi) is 5.18. The molecule has 1 fully saturated rings. The Balaban J connectivity index is 1.93. The maximum atomic E-state index is 11.7. The summed E-state index contributed by atoms with van der Waals surface area (Å²) in [5.41, 5.74) is 2.31. The molecule has 0 aromatic heterocycles. The summed E-state index contributed by atoms with van der Waals surface area (Å²) in [7, 11) is 0. The summed E-state index contributed by atoms with van der Waals surface area (Å²) in [6.45, 7) is 8.48. The minimum atomic E-state index is 0.252. The fraction of sp³-hybridized carbons (Fsp3) is 0.588. The van der Waals surface area contributed by atoms with E-state index in [4.69, 9.17) is 0 Å². The Morgan fingerprint density at radius 2 is 1.95 bits per heavy atom. The van der Waals surface area contributed by atoms with E-state index in [1.807, 2.05) is 4.90 Å². The number of carbonyl (C=O) groups is 1. The van der Waals surface area contributed by atoms with Gasteiger partial charge in [-0.2, -0.15) is 0 Å². The Hall–Kier alpha value is -1.35. The van der Waals surface area contributed by atoms with Gasteiger partial charge in [-0.05, 0) is 36.5 Å². The molecular formula is C17H26N2O. The molecule has 3 nitrogen and oxygen atoms in total. The Morgan fingerprint density at radius 3 is 2.45 bits per heavy atom. The first-order valence-electron chi connectivity index (χ1n) is 7.74. The van der Waals surface area contributed by atoms with E-state index in [0.717, 1.165) is 31.6 Å². The maximum absolute atomic E-state index is 11.7. The van der Waals surface area contributed by atoms with Gasteiger partial charge in [-0.15, -0.1) is 0 Å². The lowest BCUT2D eigenvalue weighted by molar-refractivity contribution is -0.117. The van der Waals surface area contributed by atoms with Gasteiger partial charge in [0.05, 0.1) is 0 Å².